The zero-order valence-electron chi connectivity index (χ0n) is 9.71. The second kappa shape index (κ2) is 4.03. The van der Waals surface area contributed by atoms with Gasteiger partial charge >= 0.3 is 0 Å². The number of rotatable bonds is 2. The van der Waals surface area contributed by atoms with Gasteiger partial charge in [-0.05, 0) is 12.5 Å². The maximum atomic E-state index is 12.1. The van der Waals surface area contributed by atoms with Gasteiger partial charge in [0.15, 0.2) is 5.69 Å². The number of aryl methyl sites for hydroxylation is 1. The quantitative estimate of drug-likeness (QED) is 0.776. The van der Waals surface area contributed by atoms with Gasteiger partial charge in [-0.1, -0.05) is 30.3 Å². The van der Waals surface area contributed by atoms with E-state index in [2.05, 4.69) is 4.98 Å². The molecule has 0 aliphatic carbocycles. The number of thiazole rings is 1. The van der Waals surface area contributed by atoms with Crippen LogP contribution in [-0.2, 0) is 6.54 Å². The fourth-order valence-corrected chi connectivity index (χ4v) is 2.83. The lowest BCUT2D eigenvalue weighted by Crippen LogP contribution is -2.29. The molecule has 1 aromatic carbocycles. The minimum Gasteiger partial charge on any atom is -0.268 e. The van der Waals surface area contributed by atoms with Crippen LogP contribution in [0, 0.1) is 6.92 Å². The van der Waals surface area contributed by atoms with Crippen LogP contribution < -0.4 is 0 Å². The highest BCUT2D eigenvalue weighted by Crippen LogP contribution is 2.28. The Morgan fingerprint density at radius 1 is 1.17 bits per heavy atom. The van der Waals surface area contributed by atoms with E-state index >= 15 is 0 Å². The minimum atomic E-state index is -0.289. The lowest BCUT2D eigenvalue weighted by Gasteiger charge is -2.13. The van der Waals surface area contributed by atoms with Crippen molar-refractivity contribution in [2.45, 2.75) is 13.5 Å². The lowest BCUT2D eigenvalue weighted by atomic mass is 10.2. The van der Waals surface area contributed by atoms with E-state index in [9.17, 15) is 9.59 Å². The second-order valence-electron chi connectivity index (χ2n) is 4.09. The van der Waals surface area contributed by atoms with E-state index in [1.807, 2.05) is 30.3 Å². The van der Waals surface area contributed by atoms with Gasteiger partial charge in [-0.2, -0.15) is 0 Å². The molecule has 2 amide bonds. The SMILES string of the molecule is Cc1nc2c(s1)C(=O)N(Cc1ccccc1)C2=O. The predicted octanol–water partition coefficient (Wildman–Crippen LogP) is 2.25. The van der Waals surface area contributed by atoms with Crippen LogP contribution in [0.25, 0.3) is 0 Å². The molecule has 2 aromatic rings. The van der Waals surface area contributed by atoms with Crippen LogP contribution in [-0.4, -0.2) is 21.7 Å². The van der Waals surface area contributed by atoms with Crippen molar-refractivity contribution in [2.24, 2.45) is 0 Å². The molecule has 3 rings (SSSR count). The number of aromatic nitrogens is 1. The number of benzene rings is 1. The van der Waals surface area contributed by atoms with Crippen LogP contribution in [0.5, 0.6) is 0 Å². The van der Waals surface area contributed by atoms with Gasteiger partial charge in [0, 0.05) is 0 Å². The van der Waals surface area contributed by atoms with Gasteiger partial charge < -0.3 is 0 Å². The molecule has 1 aliphatic heterocycles. The van der Waals surface area contributed by atoms with E-state index in [0.29, 0.717) is 17.1 Å². The summed E-state index contributed by atoms with van der Waals surface area (Å²) in [6.45, 7) is 2.10. The number of imide groups is 1. The van der Waals surface area contributed by atoms with Crippen molar-refractivity contribution >= 4 is 23.2 Å². The van der Waals surface area contributed by atoms with Crippen LogP contribution >= 0.6 is 11.3 Å². The molecule has 90 valence electrons. The molecule has 0 spiro atoms. The maximum absolute atomic E-state index is 12.1. The summed E-state index contributed by atoms with van der Waals surface area (Å²) >= 11 is 1.28. The van der Waals surface area contributed by atoms with Gasteiger partial charge in [-0.25, -0.2) is 4.98 Å². The minimum absolute atomic E-state index is 0.232. The first-order chi connectivity index (χ1) is 8.66. The zero-order chi connectivity index (χ0) is 12.7. The van der Waals surface area contributed by atoms with Crippen LogP contribution in [0.1, 0.15) is 30.7 Å². The van der Waals surface area contributed by atoms with Crippen molar-refractivity contribution in [3.63, 3.8) is 0 Å². The smallest absolute Gasteiger partial charge is 0.268 e. The van der Waals surface area contributed by atoms with Crippen LogP contribution in [0.15, 0.2) is 30.3 Å². The monoisotopic (exact) mass is 258 g/mol. The summed E-state index contributed by atoms with van der Waals surface area (Å²) in [5.74, 6) is -0.521. The molecule has 0 radical (unpaired) electrons. The van der Waals surface area contributed by atoms with Crippen molar-refractivity contribution < 1.29 is 9.59 Å². The van der Waals surface area contributed by atoms with Crippen molar-refractivity contribution in [1.82, 2.24) is 9.88 Å². The number of carbonyl (C=O) groups is 2. The second-order valence-corrected chi connectivity index (χ2v) is 5.30. The molecule has 0 fully saturated rings. The molecule has 0 atom stereocenters. The Labute approximate surface area is 108 Å². The zero-order valence-corrected chi connectivity index (χ0v) is 10.5. The van der Waals surface area contributed by atoms with Crippen LogP contribution in [0.3, 0.4) is 0 Å². The molecule has 0 bridgehead atoms. The third-order valence-electron chi connectivity index (χ3n) is 2.80. The Morgan fingerprint density at radius 2 is 1.89 bits per heavy atom. The number of fused-ring (bicyclic) bond motifs is 1. The predicted molar refractivity (Wildman–Crippen MR) is 67.5 cm³/mol. The summed E-state index contributed by atoms with van der Waals surface area (Å²) in [6, 6.07) is 9.47. The molecule has 0 unspecified atom stereocenters. The molecule has 18 heavy (non-hydrogen) atoms. The normalized spacial score (nSPS) is 14.2. The Morgan fingerprint density at radius 3 is 2.56 bits per heavy atom. The van der Waals surface area contributed by atoms with E-state index < -0.39 is 0 Å². The van der Waals surface area contributed by atoms with E-state index in [4.69, 9.17) is 0 Å². The van der Waals surface area contributed by atoms with Gasteiger partial charge in [0.05, 0.1) is 11.6 Å². The van der Waals surface area contributed by atoms with Crippen molar-refractivity contribution in [3.05, 3.63) is 51.5 Å². The average Bonchev–Trinajstić information content (AvgIpc) is 2.85. The Balaban J connectivity index is 1.91. The fraction of sp³-hybridized carbons (Fsp3) is 0.154. The topological polar surface area (TPSA) is 50.3 Å². The van der Waals surface area contributed by atoms with E-state index in [-0.39, 0.29) is 11.8 Å². The highest BCUT2D eigenvalue weighted by molar-refractivity contribution is 7.14. The third kappa shape index (κ3) is 1.64. The number of amides is 2. The first-order valence-electron chi connectivity index (χ1n) is 5.54. The number of carbonyl (C=O) groups excluding carboxylic acids is 2. The molecule has 4 nitrogen and oxygen atoms in total. The molecular formula is C13H10N2O2S. The molecular weight excluding hydrogens is 248 g/mol. The van der Waals surface area contributed by atoms with Crippen LogP contribution in [0.4, 0.5) is 0 Å². The van der Waals surface area contributed by atoms with Gasteiger partial charge in [0.1, 0.15) is 4.88 Å². The first-order valence-corrected chi connectivity index (χ1v) is 6.36. The number of hydrogen-bond acceptors (Lipinski definition) is 4. The average molecular weight is 258 g/mol. The van der Waals surface area contributed by atoms with E-state index in [0.717, 1.165) is 10.6 Å². The molecule has 1 aromatic heterocycles. The van der Waals surface area contributed by atoms with Crippen molar-refractivity contribution in [1.29, 1.82) is 0 Å². The summed E-state index contributed by atoms with van der Waals surface area (Å²) in [4.78, 5) is 30.0. The summed E-state index contributed by atoms with van der Waals surface area (Å²) in [5.41, 5.74) is 1.24. The summed E-state index contributed by atoms with van der Waals surface area (Å²) in [5, 5.41) is 0.751. The molecule has 0 saturated heterocycles. The fourth-order valence-electron chi connectivity index (χ4n) is 1.97. The number of nitrogens with zero attached hydrogens (tertiary/aromatic N) is 2. The standard InChI is InChI=1S/C13H10N2O2S/c1-8-14-10-11(18-8)13(17)15(12(10)16)7-9-5-3-2-4-6-9/h2-6H,7H2,1H3. The largest absolute Gasteiger partial charge is 0.281 e. The van der Waals surface area contributed by atoms with Gasteiger partial charge in [0.2, 0.25) is 0 Å². The molecule has 0 saturated carbocycles. The summed E-state index contributed by atoms with van der Waals surface area (Å²) < 4.78 is 0. The third-order valence-corrected chi connectivity index (χ3v) is 3.76. The molecule has 5 heteroatoms. The van der Waals surface area contributed by atoms with Gasteiger partial charge in [-0.15, -0.1) is 11.3 Å². The van der Waals surface area contributed by atoms with Crippen molar-refractivity contribution in [2.75, 3.05) is 0 Å². The Kier molecular flexibility index (Phi) is 2.48. The van der Waals surface area contributed by atoms with E-state index in [1.165, 1.54) is 16.2 Å². The molecule has 0 N–H and O–H groups in total. The van der Waals surface area contributed by atoms with Gasteiger partial charge in [-0.3, -0.25) is 14.5 Å². The highest BCUT2D eigenvalue weighted by Gasteiger charge is 2.38. The summed E-state index contributed by atoms with van der Waals surface area (Å²) in [7, 11) is 0. The maximum Gasteiger partial charge on any atom is 0.281 e. The molecule has 1 aliphatic rings. The highest BCUT2D eigenvalue weighted by atomic mass is 32.1. The Hall–Kier alpha value is -2.01. The van der Waals surface area contributed by atoms with Crippen LogP contribution in [0.2, 0.25) is 0 Å². The first kappa shape index (κ1) is 11.1. The Bertz CT molecular complexity index is 600. The summed E-state index contributed by atoms with van der Waals surface area (Å²) in [6.07, 6.45) is 0. The van der Waals surface area contributed by atoms with Crippen molar-refractivity contribution in [3.8, 4) is 0 Å². The van der Waals surface area contributed by atoms with Gasteiger partial charge in [0.25, 0.3) is 11.8 Å². The van der Waals surface area contributed by atoms with E-state index in [1.54, 1.807) is 6.92 Å². The number of hydrogen-bond donors (Lipinski definition) is 0. The molecule has 2 heterocycles. The lowest BCUT2D eigenvalue weighted by molar-refractivity contribution is 0.0641.